The van der Waals surface area contributed by atoms with Gasteiger partial charge >= 0.3 is 0 Å². The number of rotatable bonds is 5. The van der Waals surface area contributed by atoms with E-state index in [0.717, 1.165) is 24.4 Å². The quantitative estimate of drug-likeness (QED) is 0.622. The van der Waals surface area contributed by atoms with E-state index in [1.54, 1.807) is 0 Å². The van der Waals surface area contributed by atoms with Crippen LogP contribution in [0.4, 0.5) is 5.69 Å². The van der Waals surface area contributed by atoms with Gasteiger partial charge in [-0.25, -0.2) is 0 Å². The first-order valence-corrected chi connectivity index (χ1v) is 8.54. The van der Waals surface area contributed by atoms with Gasteiger partial charge in [0.05, 0.1) is 5.71 Å². The summed E-state index contributed by atoms with van der Waals surface area (Å²) in [6.07, 6.45) is 0. The largest absolute Gasteiger partial charge is 0.385 e. The van der Waals surface area contributed by atoms with Crippen LogP contribution >= 0.6 is 0 Å². The van der Waals surface area contributed by atoms with E-state index in [-0.39, 0.29) is 12.5 Å². The molecule has 0 spiro atoms. The Kier molecular flexibility index (Phi) is 5.67. The van der Waals surface area contributed by atoms with Crippen LogP contribution in [0, 0.1) is 0 Å². The first-order chi connectivity index (χ1) is 12.2. The standard InChI is InChI=1S/C20H23N3O2/c1-17(18-8-4-2-5-9-18)21-25-16-20(24)23-14-12-22(13-15-23)19-10-6-3-7-11-19/h2-11H,12-16H2,1H3/b21-17+. The zero-order valence-electron chi connectivity index (χ0n) is 14.5. The first kappa shape index (κ1) is 17.0. The lowest BCUT2D eigenvalue weighted by atomic mass is 10.1. The molecule has 0 bridgehead atoms. The SMILES string of the molecule is C/C(=N\OCC(=O)N1CCN(c2ccccc2)CC1)c1ccccc1. The van der Waals surface area contributed by atoms with Crippen molar-refractivity contribution >= 4 is 17.3 Å². The summed E-state index contributed by atoms with van der Waals surface area (Å²) in [5, 5.41) is 4.05. The van der Waals surface area contributed by atoms with Gasteiger partial charge in [-0.2, -0.15) is 0 Å². The van der Waals surface area contributed by atoms with Gasteiger partial charge in [-0.3, -0.25) is 4.79 Å². The minimum Gasteiger partial charge on any atom is -0.385 e. The molecule has 0 radical (unpaired) electrons. The molecule has 0 saturated carbocycles. The van der Waals surface area contributed by atoms with Gasteiger partial charge < -0.3 is 14.6 Å². The van der Waals surface area contributed by atoms with E-state index in [0.29, 0.717) is 13.1 Å². The van der Waals surface area contributed by atoms with Crippen LogP contribution in [0.2, 0.25) is 0 Å². The molecule has 5 heteroatoms. The Balaban J connectivity index is 1.45. The highest BCUT2D eigenvalue weighted by Crippen LogP contribution is 2.15. The average Bonchev–Trinajstić information content (AvgIpc) is 2.69. The van der Waals surface area contributed by atoms with Crippen molar-refractivity contribution in [2.75, 3.05) is 37.7 Å². The number of hydrogen-bond acceptors (Lipinski definition) is 4. The third-order valence-corrected chi connectivity index (χ3v) is 4.33. The molecule has 1 saturated heterocycles. The minimum atomic E-state index is -0.0183. The summed E-state index contributed by atoms with van der Waals surface area (Å²) >= 11 is 0. The maximum absolute atomic E-state index is 12.3. The number of anilines is 1. The first-order valence-electron chi connectivity index (χ1n) is 8.54. The summed E-state index contributed by atoms with van der Waals surface area (Å²) < 4.78 is 0. The summed E-state index contributed by atoms with van der Waals surface area (Å²) in [5.74, 6) is -0.0164. The molecule has 2 aromatic carbocycles. The van der Waals surface area contributed by atoms with Gasteiger partial charge in [-0.1, -0.05) is 53.7 Å². The van der Waals surface area contributed by atoms with Crippen molar-refractivity contribution in [3.63, 3.8) is 0 Å². The summed E-state index contributed by atoms with van der Waals surface area (Å²) in [7, 11) is 0. The number of hydrogen-bond donors (Lipinski definition) is 0. The second-order valence-corrected chi connectivity index (χ2v) is 6.02. The highest BCUT2D eigenvalue weighted by atomic mass is 16.6. The molecule has 1 aliphatic rings. The molecule has 1 heterocycles. The lowest BCUT2D eigenvalue weighted by Gasteiger charge is -2.35. The van der Waals surface area contributed by atoms with Crippen molar-refractivity contribution in [2.45, 2.75) is 6.92 Å². The van der Waals surface area contributed by atoms with E-state index in [1.807, 2.05) is 60.4 Å². The Morgan fingerprint density at radius 2 is 1.56 bits per heavy atom. The number of piperazine rings is 1. The molecule has 0 aliphatic carbocycles. The molecule has 2 aromatic rings. The van der Waals surface area contributed by atoms with Crippen LogP contribution in [0.5, 0.6) is 0 Å². The van der Waals surface area contributed by atoms with Crippen molar-refractivity contribution in [3.05, 3.63) is 66.2 Å². The fraction of sp³-hybridized carbons (Fsp3) is 0.300. The molecular weight excluding hydrogens is 314 g/mol. The Morgan fingerprint density at radius 3 is 2.20 bits per heavy atom. The number of para-hydroxylation sites is 1. The van der Waals surface area contributed by atoms with Gasteiger partial charge in [0.15, 0.2) is 6.61 Å². The molecule has 1 fully saturated rings. The molecule has 3 rings (SSSR count). The van der Waals surface area contributed by atoms with Gasteiger partial charge in [-0.05, 0) is 24.6 Å². The fourth-order valence-electron chi connectivity index (χ4n) is 2.86. The number of amides is 1. The van der Waals surface area contributed by atoms with Gasteiger partial charge in [0.1, 0.15) is 0 Å². The Hall–Kier alpha value is -2.82. The summed E-state index contributed by atoms with van der Waals surface area (Å²) in [6.45, 7) is 4.94. The molecule has 1 amide bonds. The third-order valence-electron chi connectivity index (χ3n) is 4.33. The Bertz CT molecular complexity index is 708. The van der Waals surface area contributed by atoms with Crippen molar-refractivity contribution in [2.24, 2.45) is 5.16 Å². The zero-order chi connectivity index (χ0) is 17.5. The van der Waals surface area contributed by atoms with E-state index < -0.39 is 0 Å². The third kappa shape index (κ3) is 4.59. The van der Waals surface area contributed by atoms with Crippen LogP contribution in [-0.4, -0.2) is 49.3 Å². The topological polar surface area (TPSA) is 45.1 Å². The maximum Gasteiger partial charge on any atom is 0.263 e. The Labute approximate surface area is 148 Å². The molecule has 0 atom stereocenters. The van der Waals surface area contributed by atoms with Crippen molar-refractivity contribution < 1.29 is 9.63 Å². The van der Waals surface area contributed by atoms with Crippen LogP contribution in [0.3, 0.4) is 0 Å². The van der Waals surface area contributed by atoms with Crippen LogP contribution in [0.25, 0.3) is 0 Å². The van der Waals surface area contributed by atoms with E-state index in [9.17, 15) is 4.79 Å². The minimum absolute atomic E-state index is 0.0164. The lowest BCUT2D eigenvalue weighted by molar-refractivity contribution is -0.136. The zero-order valence-corrected chi connectivity index (χ0v) is 14.5. The van der Waals surface area contributed by atoms with E-state index in [4.69, 9.17) is 4.84 Å². The second kappa shape index (κ2) is 8.33. The molecule has 1 aliphatic heterocycles. The lowest BCUT2D eigenvalue weighted by Crippen LogP contribution is -2.49. The van der Waals surface area contributed by atoms with Crippen LogP contribution in [0.1, 0.15) is 12.5 Å². The molecular formula is C20H23N3O2. The number of carbonyl (C=O) groups excluding carboxylic acids is 1. The highest BCUT2D eigenvalue weighted by molar-refractivity contribution is 5.98. The fourth-order valence-corrected chi connectivity index (χ4v) is 2.86. The molecule has 5 nitrogen and oxygen atoms in total. The number of nitrogens with zero attached hydrogens (tertiary/aromatic N) is 3. The maximum atomic E-state index is 12.3. The van der Waals surface area contributed by atoms with Gasteiger partial charge in [0.25, 0.3) is 5.91 Å². The van der Waals surface area contributed by atoms with E-state index in [2.05, 4.69) is 22.2 Å². The van der Waals surface area contributed by atoms with Crippen molar-refractivity contribution in [1.82, 2.24) is 4.90 Å². The van der Waals surface area contributed by atoms with Crippen molar-refractivity contribution in [3.8, 4) is 0 Å². The van der Waals surface area contributed by atoms with Gasteiger partial charge in [0.2, 0.25) is 0 Å². The van der Waals surface area contributed by atoms with Crippen molar-refractivity contribution in [1.29, 1.82) is 0 Å². The molecule has 130 valence electrons. The molecule has 0 N–H and O–H groups in total. The molecule has 0 aromatic heterocycles. The van der Waals surface area contributed by atoms with Crippen LogP contribution in [0.15, 0.2) is 65.8 Å². The van der Waals surface area contributed by atoms with Gasteiger partial charge in [0, 0.05) is 31.9 Å². The predicted octanol–water partition coefficient (Wildman–Crippen LogP) is 2.78. The smallest absolute Gasteiger partial charge is 0.263 e. The number of carbonyl (C=O) groups is 1. The molecule has 25 heavy (non-hydrogen) atoms. The molecule has 0 unspecified atom stereocenters. The highest BCUT2D eigenvalue weighted by Gasteiger charge is 2.21. The number of benzene rings is 2. The normalized spacial score (nSPS) is 15.2. The van der Waals surface area contributed by atoms with E-state index in [1.165, 1.54) is 5.69 Å². The summed E-state index contributed by atoms with van der Waals surface area (Å²) in [4.78, 5) is 21.7. The van der Waals surface area contributed by atoms with E-state index >= 15 is 0 Å². The average molecular weight is 337 g/mol. The summed E-state index contributed by atoms with van der Waals surface area (Å²) in [6, 6.07) is 20.1. The Morgan fingerprint density at radius 1 is 0.960 bits per heavy atom. The van der Waals surface area contributed by atoms with Crippen LogP contribution in [-0.2, 0) is 9.63 Å². The summed E-state index contributed by atoms with van der Waals surface area (Å²) in [5.41, 5.74) is 2.96. The monoisotopic (exact) mass is 337 g/mol. The van der Waals surface area contributed by atoms with Crippen LogP contribution < -0.4 is 4.90 Å². The predicted molar refractivity (Wildman–Crippen MR) is 99.8 cm³/mol. The number of oxime groups is 1. The second-order valence-electron chi connectivity index (χ2n) is 6.02. The van der Waals surface area contributed by atoms with Gasteiger partial charge in [-0.15, -0.1) is 0 Å².